The molecule has 1 N–H and O–H groups in total. The van der Waals surface area contributed by atoms with E-state index in [1.165, 1.54) is 6.92 Å². The van der Waals surface area contributed by atoms with Crippen molar-refractivity contribution in [1.29, 1.82) is 0 Å². The van der Waals surface area contributed by atoms with Crippen molar-refractivity contribution in [3.63, 3.8) is 0 Å². The predicted molar refractivity (Wildman–Crippen MR) is 74.3 cm³/mol. The largest absolute Gasteiger partial charge is 0.504 e. The molecule has 0 saturated carbocycles. The average molecular weight is 258 g/mol. The molecule has 0 amide bonds. The average Bonchev–Trinajstić information content (AvgIpc) is 2.68. The van der Waals surface area contributed by atoms with E-state index < -0.39 is 0 Å². The number of carbonyl (C=O) groups is 1. The molecule has 100 valence electrons. The van der Waals surface area contributed by atoms with Crippen molar-refractivity contribution in [2.24, 2.45) is 0 Å². The quantitative estimate of drug-likeness (QED) is 0.841. The van der Waals surface area contributed by atoms with Gasteiger partial charge in [-0.1, -0.05) is 30.3 Å². The zero-order valence-electron chi connectivity index (χ0n) is 11.6. The van der Waals surface area contributed by atoms with Gasteiger partial charge in [0.25, 0.3) is 0 Å². The smallest absolute Gasteiger partial charge is 0.183 e. The highest BCUT2D eigenvalue weighted by atomic mass is 16.3. The molecule has 0 bridgehead atoms. The van der Waals surface area contributed by atoms with Crippen LogP contribution in [-0.2, 0) is 5.54 Å². The van der Waals surface area contributed by atoms with E-state index in [0.717, 1.165) is 5.56 Å². The second-order valence-electron chi connectivity index (χ2n) is 5.55. The lowest BCUT2D eigenvalue weighted by molar-refractivity contribution is 0.100. The maximum Gasteiger partial charge on any atom is 0.183 e. The van der Waals surface area contributed by atoms with Crippen LogP contribution in [0, 0.1) is 0 Å². The fourth-order valence-electron chi connectivity index (χ4n) is 1.99. The number of hydrogen-bond donors (Lipinski definition) is 1. The molecule has 4 nitrogen and oxygen atoms in total. The van der Waals surface area contributed by atoms with Crippen LogP contribution in [-0.4, -0.2) is 20.7 Å². The lowest BCUT2D eigenvalue weighted by Crippen LogP contribution is -2.24. The minimum atomic E-state index is -0.323. The van der Waals surface area contributed by atoms with Gasteiger partial charge in [-0.25, -0.2) is 0 Å². The minimum absolute atomic E-state index is 0.0476. The highest BCUT2D eigenvalue weighted by molar-refractivity contribution is 5.97. The number of rotatable bonds is 2. The topological polar surface area (TPSA) is 55.1 Å². The Morgan fingerprint density at radius 3 is 2.26 bits per heavy atom. The highest BCUT2D eigenvalue weighted by Crippen LogP contribution is 2.35. The SMILES string of the molecule is CC(=O)c1nn(C(C)(C)C)c(-c2ccccc2)c1O. The molecule has 4 heteroatoms. The van der Waals surface area contributed by atoms with Crippen molar-refractivity contribution < 1.29 is 9.90 Å². The molecular formula is C15H18N2O2. The highest BCUT2D eigenvalue weighted by Gasteiger charge is 2.27. The van der Waals surface area contributed by atoms with Crippen molar-refractivity contribution >= 4 is 5.78 Å². The fraction of sp³-hybridized carbons (Fsp3) is 0.333. The van der Waals surface area contributed by atoms with Crippen molar-refractivity contribution in [1.82, 2.24) is 9.78 Å². The normalized spacial score (nSPS) is 11.6. The van der Waals surface area contributed by atoms with Crippen LogP contribution in [0.5, 0.6) is 5.75 Å². The van der Waals surface area contributed by atoms with Crippen molar-refractivity contribution in [2.75, 3.05) is 0 Å². The molecule has 1 heterocycles. The Balaban J connectivity index is 2.75. The van der Waals surface area contributed by atoms with Gasteiger partial charge in [0, 0.05) is 12.5 Å². The molecule has 2 rings (SSSR count). The lowest BCUT2D eigenvalue weighted by Gasteiger charge is -2.22. The summed E-state index contributed by atoms with van der Waals surface area (Å²) >= 11 is 0. The molecular weight excluding hydrogens is 240 g/mol. The molecule has 2 aromatic rings. The molecule has 1 aromatic carbocycles. The van der Waals surface area contributed by atoms with Crippen LogP contribution in [0.15, 0.2) is 30.3 Å². The molecule has 19 heavy (non-hydrogen) atoms. The Kier molecular flexibility index (Phi) is 3.18. The van der Waals surface area contributed by atoms with E-state index in [9.17, 15) is 9.90 Å². The van der Waals surface area contributed by atoms with Gasteiger partial charge in [0.15, 0.2) is 17.2 Å². The van der Waals surface area contributed by atoms with Gasteiger partial charge in [-0.15, -0.1) is 0 Å². The zero-order chi connectivity index (χ0) is 14.2. The summed E-state index contributed by atoms with van der Waals surface area (Å²) < 4.78 is 1.70. The van der Waals surface area contributed by atoms with E-state index in [0.29, 0.717) is 5.69 Å². The minimum Gasteiger partial charge on any atom is -0.504 e. The first-order valence-corrected chi connectivity index (χ1v) is 6.21. The van der Waals surface area contributed by atoms with Gasteiger partial charge in [0.2, 0.25) is 0 Å². The number of benzene rings is 1. The van der Waals surface area contributed by atoms with E-state index in [1.807, 2.05) is 51.1 Å². The Labute approximate surface area is 112 Å². The van der Waals surface area contributed by atoms with Crippen LogP contribution < -0.4 is 0 Å². The lowest BCUT2D eigenvalue weighted by atomic mass is 10.1. The number of hydrogen-bond acceptors (Lipinski definition) is 3. The number of Topliss-reactive ketones (excluding diaryl/α,β-unsaturated/α-hetero) is 1. The van der Waals surface area contributed by atoms with E-state index in [4.69, 9.17) is 0 Å². The number of aromatic hydroxyl groups is 1. The molecule has 0 fully saturated rings. The molecule has 0 atom stereocenters. The van der Waals surface area contributed by atoms with Crippen LogP contribution in [0.2, 0.25) is 0 Å². The first kappa shape index (κ1) is 13.3. The van der Waals surface area contributed by atoms with Gasteiger partial charge in [0.05, 0.1) is 5.54 Å². The molecule has 0 aliphatic rings. The Bertz CT molecular complexity index is 607. The van der Waals surface area contributed by atoms with Gasteiger partial charge >= 0.3 is 0 Å². The maximum absolute atomic E-state index is 11.6. The van der Waals surface area contributed by atoms with Crippen LogP contribution in [0.3, 0.4) is 0 Å². The van der Waals surface area contributed by atoms with E-state index in [2.05, 4.69) is 5.10 Å². The summed E-state index contributed by atoms with van der Waals surface area (Å²) in [5.74, 6) is -0.286. The predicted octanol–water partition coefficient (Wildman–Crippen LogP) is 3.21. The summed E-state index contributed by atoms with van der Waals surface area (Å²) in [6.07, 6.45) is 0. The van der Waals surface area contributed by atoms with Crippen LogP contribution >= 0.6 is 0 Å². The molecule has 0 radical (unpaired) electrons. The Morgan fingerprint density at radius 2 is 1.79 bits per heavy atom. The van der Waals surface area contributed by atoms with E-state index >= 15 is 0 Å². The monoisotopic (exact) mass is 258 g/mol. The van der Waals surface area contributed by atoms with Crippen molar-refractivity contribution in [3.05, 3.63) is 36.0 Å². The number of nitrogens with zero attached hydrogens (tertiary/aromatic N) is 2. The summed E-state index contributed by atoms with van der Waals surface area (Å²) in [5, 5.41) is 14.6. The molecule has 0 unspecified atom stereocenters. The van der Waals surface area contributed by atoms with Gasteiger partial charge in [-0.05, 0) is 20.8 Å². The van der Waals surface area contributed by atoms with Gasteiger partial charge in [-0.3, -0.25) is 9.48 Å². The molecule has 1 aromatic heterocycles. The Hall–Kier alpha value is -2.10. The zero-order valence-corrected chi connectivity index (χ0v) is 11.6. The van der Waals surface area contributed by atoms with E-state index in [1.54, 1.807) is 4.68 Å². The van der Waals surface area contributed by atoms with Crippen LogP contribution in [0.4, 0.5) is 0 Å². The molecule has 0 saturated heterocycles. The van der Waals surface area contributed by atoms with E-state index in [-0.39, 0.29) is 22.8 Å². The number of aromatic nitrogens is 2. The molecule has 0 spiro atoms. The molecule has 0 aliphatic carbocycles. The third kappa shape index (κ3) is 2.38. The number of carbonyl (C=O) groups excluding carboxylic acids is 1. The first-order valence-electron chi connectivity index (χ1n) is 6.21. The summed E-state index contributed by atoms with van der Waals surface area (Å²) in [6.45, 7) is 7.35. The van der Waals surface area contributed by atoms with Gasteiger partial charge in [0.1, 0.15) is 5.69 Å². The van der Waals surface area contributed by atoms with Crippen LogP contribution in [0.25, 0.3) is 11.3 Å². The van der Waals surface area contributed by atoms with Gasteiger partial charge in [-0.2, -0.15) is 5.10 Å². The van der Waals surface area contributed by atoms with Crippen molar-refractivity contribution in [3.8, 4) is 17.0 Å². The number of ketones is 1. The standard InChI is InChI=1S/C15H18N2O2/c1-10(18)12-14(19)13(11-8-6-5-7-9-11)17(16-12)15(2,3)4/h5-9,19H,1-4H3. The first-order chi connectivity index (χ1) is 8.82. The summed E-state index contributed by atoms with van der Waals surface area (Å²) in [5.41, 5.74) is 1.22. The second-order valence-corrected chi connectivity index (χ2v) is 5.55. The second kappa shape index (κ2) is 4.53. The van der Waals surface area contributed by atoms with Crippen molar-refractivity contribution in [2.45, 2.75) is 33.2 Å². The van der Waals surface area contributed by atoms with Gasteiger partial charge < -0.3 is 5.11 Å². The fourth-order valence-corrected chi connectivity index (χ4v) is 1.99. The summed E-state index contributed by atoms with van der Waals surface area (Å²) in [6, 6.07) is 9.47. The summed E-state index contributed by atoms with van der Waals surface area (Å²) in [4.78, 5) is 11.6. The third-order valence-electron chi connectivity index (χ3n) is 2.88. The summed E-state index contributed by atoms with van der Waals surface area (Å²) in [7, 11) is 0. The molecule has 0 aliphatic heterocycles. The van der Waals surface area contributed by atoms with Crippen LogP contribution in [0.1, 0.15) is 38.2 Å². The Morgan fingerprint density at radius 1 is 1.21 bits per heavy atom. The third-order valence-corrected chi connectivity index (χ3v) is 2.88. The maximum atomic E-state index is 11.6.